The van der Waals surface area contributed by atoms with Crippen LogP contribution in [0, 0.1) is 0 Å². The second-order valence-corrected chi connectivity index (χ2v) is 6.40. The number of hydrogen-bond donors (Lipinski definition) is 0. The molecule has 3 nitrogen and oxygen atoms in total. The van der Waals surface area contributed by atoms with E-state index in [1.165, 1.54) is 0 Å². The van der Waals surface area contributed by atoms with E-state index < -0.39 is 0 Å². The Labute approximate surface area is 120 Å². The van der Waals surface area contributed by atoms with E-state index in [1.807, 2.05) is 18.2 Å². The maximum absolute atomic E-state index is 6.08. The smallest absolute Gasteiger partial charge is 0.170 e. The molecule has 0 fully saturated rings. The van der Waals surface area contributed by atoms with Gasteiger partial charge in [-0.25, -0.2) is 0 Å². The third kappa shape index (κ3) is 2.53. The van der Waals surface area contributed by atoms with Crippen LogP contribution in [0.15, 0.2) is 34.3 Å². The van der Waals surface area contributed by atoms with Crippen LogP contribution in [-0.4, -0.2) is 34.9 Å². The van der Waals surface area contributed by atoms with Crippen molar-refractivity contribution in [1.82, 2.24) is 0 Å². The molecule has 2 aliphatic rings. The number of amidine groups is 2. The molecule has 0 saturated carbocycles. The normalized spacial score (nSPS) is 18.7. The molecule has 6 heteroatoms. The number of halogens is 1. The Morgan fingerprint density at radius 2 is 1.72 bits per heavy atom. The van der Waals surface area contributed by atoms with Crippen molar-refractivity contribution < 1.29 is 0 Å². The Bertz CT molecular complexity index is 492. The molecule has 2 heterocycles. The molecule has 0 saturated heterocycles. The summed E-state index contributed by atoms with van der Waals surface area (Å²) in [6.45, 7) is 1.77. The lowest BCUT2D eigenvalue weighted by molar-refractivity contribution is 1.15. The van der Waals surface area contributed by atoms with Crippen LogP contribution in [0.1, 0.15) is 0 Å². The minimum atomic E-state index is 0.740. The molecule has 0 unspecified atom stereocenters. The van der Waals surface area contributed by atoms with Crippen molar-refractivity contribution in [2.24, 2.45) is 9.98 Å². The number of rotatable bonds is 1. The molecule has 0 bridgehead atoms. The van der Waals surface area contributed by atoms with E-state index in [0.717, 1.165) is 45.6 Å². The number of aliphatic imine (C=N–C) groups is 2. The van der Waals surface area contributed by atoms with Gasteiger partial charge in [0.15, 0.2) is 10.3 Å². The van der Waals surface area contributed by atoms with Gasteiger partial charge in [-0.05, 0) is 18.2 Å². The van der Waals surface area contributed by atoms with E-state index in [4.69, 9.17) is 11.6 Å². The highest BCUT2D eigenvalue weighted by Crippen LogP contribution is 2.29. The van der Waals surface area contributed by atoms with Gasteiger partial charge in [0.2, 0.25) is 0 Å². The summed E-state index contributed by atoms with van der Waals surface area (Å²) < 4.78 is 0. The third-order valence-electron chi connectivity index (χ3n) is 2.59. The molecule has 0 aromatic heterocycles. The van der Waals surface area contributed by atoms with Gasteiger partial charge in [0, 0.05) is 16.5 Å². The van der Waals surface area contributed by atoms with Gasteiger partial charge in [-0.3, -0.25) is 14.9 Å². The van der Waals surface area contributed by atoms with Crippen LogP contribution in [0.4, 0.5) is 5.69 Å². The van der Waals surface area contributed by atoms with Crippen LogP contribution < -0.4 is 4.90 Å². The molecule has 0 amide bonds. The third-order valence-corrected chi connectivity index (χ3v) is 4.74. The highest BCUT2D eigenvalue weighted by Gasteiger charge is 2.25. The zero-order chi connectivity index (χ0) is 12.4. The molecule has 0 N–H and O–H groups in total. The minimum Gasteiger partial charge on any atom is -0.268 e. The second-order valence-electron chi connectivity index (χ2n) is 3.84. The monoisotopic (exact) mass is 297 g/mol. The van der Waals surface area contributed by atoms with Gasteiger partial charge in [0.25, 0.3) is 0 Å². The van der Waals surface area contributed by atoms with E-state index in [-0.39, 0.29) is 0 Å². The fraction of sp³-hybridized carbons (Fsp3) is 0.333. The van der Waals surface area contributed by atoms with Crippen LogP contribution in [0.5, 0.6) is 0 Å². The standard InChI is InChI=1S/C12H12ClN3S2/c13-9-2-1-3-10(8-9)16(11-14-4-6-17-11)12-15-5-7-18-12/h1-3,8H,4-7H2. The van der Waals surface area contributed by atoms with Crippen molar-refractivity contribution in [1.29, 1.82) is 0 Å². The molecule has 94 valence electrons. The summed E-state index contributed by atoms with van der Waals surface area (Å²) in [5.41, 5.74) is 1.05. The first-order valence-electron chi connectivity index (χ1n) is 5.75. The number of thioether (sulfide) groups is 2. The average Bonchev–Trinajstić information content (AvgIpc) is 3.02. The van der Waals surface area contributed by atoms with E-state index in [1.54, 1.807) is 23.5 Å². The Hall–Kier alpha value is -0.650. The summed E-state index contributed by atoms with van der Waals surface area (Å²) in [5, 5.41) is 2.81. The summed E-state index contributed by atoms with van der Waals surface area (Å²) in [4.78, 5) is 11.2. The van der Waals surface area contributed by atoms with E-state index in [9.17, 15) is 0 Å². The first-order chi connectivity index (χ1) is 8.84. The molecular formula is C12H12ClN3S2. The van der Waals surface area contributed by atoms with Crippen molar-refractivity contribution >= 4 is 51.1 Å². The molecule has 18 heavy (non-hydrogen) atoms. The molecule has 3 rings (SSSR count). The fourth-order valence-corrected chi connectivity index (χ4v) is 3.82. The maximum Gasteiger partial charge on any atom is 0.170 e. The summed E-state index contributed by atoms with van der Waals surface area (Å²) in [6, 6.07) is 7.86. The maximum atomic E-state index is 6.08. The number of benzene rings is 1. The Kier molecular flexibility index (Phi) is 3.82. The Morgan fingerprint density at radius 3 is 2.22 bits per heavy atom. The lowest BCUT2D eigenvalue weighted by atomic mass is 10.3. The zero-order valence-corrected chi connectivity index (χ0v) is 12.1. The predicted molar refractivity (Wildman–Crippen MR) is 83.5 cm³/mol. The largest absolute Gasteiger partial charge is 0.268 e. The van der Waals surface area contributed by atoms with Gasteiger partial charge in [-0.15, -0.1) is 0 Å². The van der Waals surface area contributed by atoms with Gasteiger partial charge in [-0.2, -0.15) is 0 Å². The van der Waals surface area contributed by atoms with Crippen LogP contribution in [0.25, 0.3) is 0 Å². The van der Waals surface area contributed by atoms with E-state index >= 15 is 0 Å². The predicted octanol–water partition coefficient (Wildman–Crippen LogP) is 3.35. The van der Waals surface area contributed by atoms with Crippen molar-refractivity contribution in [2.75, 3.05) is 29.5 Å². The molecule has 2 aliphatic heterocycles. The summed E-state index contributed by atoms with van der Waals surface area (Å²) in [6.07, 6.45) is 0. The number of nitrogens with zero attached hydrogens (tertiary/aromatic N) is 3. The SMILES string of the molecule is Clc1cccc(N(C2=NCCS2)C2=NCCS2)c1. The summed E-state index contributed by atoms with van der Waals surface area (Å²) in [5.74, 6) is 2.09. The highest BCUT2D eigenvalue weighted by atomic mass is 35.5. The van der Waals surface area contributed by atoms with Crippen molar-refractivity contribution in [3.63, 3.8) is 0 Å². The topological polar surface area (TPSA) is 28.0 Å². The molecule has 0 spiro atoms. The summed E-state index contributed by atoms with van der Waals surface area (Å²) >= 11 is 9.64. The van der Waals surface area contributed by atoms with Crippen LogP contribution in [0.2, 0.25) is 5.02 Å². The first-order valence-corrected chi connectivity index (χ1v) is 8.10. The van der Waals surface area contributed by atoms with E-state index in [0.29, 0.717) is 0 Å². The van der Waals surface area contributed by atoms with Gasteiger partial charge in [-0.1, -0.05) is 41.2 Å². The van der Waals surface area contributed by atoms with Gasteiger partial charge < -0.3 is 0 Å². The van der Waals surface area contributed by atoms with Gasteiger partial charge in [0.05, 0.1) is 18.8 Å². The first kappa shape index (κ1) is 12.4. The van der Waals surface area contributed by atoms with Gasteiger partial charge in [0.1, 0.15) is 0 Å². The Morgan fingerprint density at radius 1 is 1.06 bits per heavy atom. The van der Waals surface area contributed by atoms with Crippen LogP contribution >= 0.6 is 35.1 Å². The molecule has 0 atom stereocenters. The number of anilines is 1. The fourth-order valence-electron chi connectivity index (χ4n) is 1.84. The zero-order valence-electron chi connectivity index (χ0n) is 9.67. The Balaban J connectivity index is 1.99. The molecule has 0 radical (unpaired) electrons. The molecular weight excluding hydrogens is 286 g/mol. The number of hydrogen-bond acceptors (Lipinski definition) is 5. The average molecular weight is 298 g/mol. The van der Waals surface area contributed by atoms with E-state index in [2.05, 4.69) is 21.0 Å². The molecule has 1 aromatic carbocycles. The minimum absolute atomic E-state index is 0.740. The molecule has 0 aliphatic carbocycles. The lowest BCUT2D eigenvalue weighted by Crippen LogP contribution is -2.31. The van der Waals surface area contributed by atoms with Crippen molar-refractivity contribution in [3.05, 3.63) is 29.3 Å². The van der Waals surface area contributed by atoms with Crippen LogP contribution in [-0.2, 0) is 0 Å². The summed E-state index contributed by atoms with van der Waals surface area (Å²) in [7, 11) is 0. The van der Waals surface area contributed by atoms with Crippen molar-refractivity contribution in [3.8, 4) is 0 Å². The van der Waals surface area contributed by atoms with Gasteiger partial charge >= 0.3 is 0 Å². The van der Waals surface area contributed by atoms with Crippen molar-refractivity contribution in [2.45, 2.75) is 0 Å². The highest BCUT2D eigenvalue weighted by molar-refractivity contribution is 8.16. The second kappa shape index (κ2) is 5.55. The lowest BCUT2D eigenvalue weighted by Gasteiger charge is -2.23. The quantitative estimate of drug-likeness (QED) is 0.796. The van der Waals surface area contributed by atoms with Crippen LogP contribution in [0.3, 0.4) is 0 Å². The molecule has 1 aromatic rings.